The molecular weight excluding hydrogens is 480 g/mol. The third kappa shape index (κ3) is 7.27. The number of benzene rings is 3. The van der Waals surface area contributed by atoms with Gasteiger partial charge in [0, 0.05) is 19.8 Å². The molecule has 0 aliphatic rings. The normalized spacial score (nSPS) is 10.2. The van der Waals surface area contributed by atoms with E-state index < -0.39 is 24.4 Å². The lowest BCUT2D eigenvalue weighted by Gasteiger charge is -2.11. The molecule has 3 rings (SSSR count). The summed E-state index contributed by atoms with van der Waals surface area (Å²) in [6.07, 6.45) is 0. The lowest BCUT2D eigenvalue weighted by molar-refractivity contribution is -0.146. The Bertz CT molecular complexity index is 1060. The van der Waals surface area contributed by atoms with Crippen molar-refractivity contribution in [2.24, 2.45) is 0 Å². The van der Waals surface area contributed by atoms with Gasteiger partial charge in [0.05, 0.1) is 5.69 Å². The zero-order valence-corrected chi connectivity index (χ0v) is 18.7. The number of hydrogen-bond donors (Lipinski definition) is 2. The van der Waals surface area contributed by atoms with Gasteiger partial charge in [-0.05, 0) is 48.5 Å². The first-order valence-corrected chi connectivity index (χ1v) is 10.9. The molecule has 0 saturated carbocycles. The van der Waals surface area contributed by atoms with E-state index >= 15 is 0 Å². The third-order valence-corrected chi connectivity index (χ3v) is 5.61. The minimum atomic E-state index is -0.701. The van der Waals surface area contributed by atoms with Crippen molar-refractivity contribution >= 4 is 51.2 Å². The van der Waals surface area contributed by atoms with Gasteiger partial charge in [-0.2, -0.15) is 0 Å². The van der Waals surface area contributed by atoms with Crippen LogP contribution in [0.15, 0.2) is 93.1 Å². The molecule has 0 heterocycles. The topological polar surface area (TPSA) is 84.5 Å². The van der Waals surface area contributed by atoms with Crippen molar-refractivity contribution in [2.75, 3.05) is 18.5 Å². The van der Waals surface area contributed by atoms with E-state index in [1.165, 1.54) is 11.8 Å². The highest BCUT2D eigenvalue weighted by Gasteiger charge is 2.12. The summed E-state index contributed by atoms with van der Waals surface area (Å²) in [4.78, 5) is 38.0. The SMILES string of the molecule is O=C(COC(=O)CNC(=O)c1ccc(Br)cc1)Nc1ccccc1Sc1ccccc1. The average molecular weight is 499 g/mol. The predicted octanol–water partition coefficient (Wildman–Crippen LogP) is 4.51. The number of rotatable bonds is 8. The molecule has 0 aliphatic heterocycles. The Balaban J connectivity index is 1.46. The van der Waals surface area contributed by atoms with Crippen LogP contribution in [0.4, 0.5) is 5.69 Å². The van der Waals surface area contributed by atoms with Crippen LogP contribution in [0.3, 0.4) is 0 Å². The number of nitrogens with one attached hydrogen (secondary N) is 2. The Morgan fingerprint density at radius 2 is 1.55 bits per heavy atom. The van der Waals surface area contributed by atoms with E-state index in [9.17, 15) is 14.4 Å². The predicted molar refractivity (Wildman–Crippen MR) is 123 cm³/mol. The molecule has 3 aromatic rings. The molecule has 0 unspecified atom stereocenters. The molecule has 0 fully saturated rings. The molecule has 2 N–H and O–H groups in total. The van der Waals surface area contributed by atoms with E-state index in [2.05, 4.69) is 26.6 Å². The molecule has 0 atom stereocenters. The summed E-state index contributed by atoms with van der Waals surface area (Å²) in [7, 11) is 0. The second-order valence-electron chi connectivity index (χ2n) is 6.31. The van der Waals surface area contributed by atoms with Crippen molar-refractivity contribution < 1.29 is 19.1 Å². The van der Waals surface area contributed by atoms with E-state index in [-0.39, 0.29) is 6.54 Å². The second-order valence-corrected chi connectivity index (χ2v) is 8.34. The number of halogens is 1. The number of amides is 2. The Hall–Kier alpha value is -3.10. The summed E-state index contributed by atoms with van der Waals surface area (Å²) in [6, 6.07) is 23.9. The van der Waals surface area contributed by atoms with Gasteiger partial charge in [-0.3, -0.25) is 14.4 Å². The van der Waals surface area contributed by atoms with Gasteiger partial charge in [-0.25, -0.2) is 0 Å². The summed E-state index contributed by atoms with van der Waals surface area (Å²) in [5.74, 6) is -1.57. The van der Waals surface area contributed by atoms with E-state index in [0.29, 0.717) is 11.3 Å². The van der Waals surface area contributed by atoms with Crippen LogP contribution in [0.1, 0.15) is 10.4 Å². The fraction of sp³-hybridized carbons (Fsp3) is 0.0870. The van der Waals surface area contributed by atoms with Crippen molar-refractivity contribution in [1.82, 2.24) is 5.32 Å². The van der Waals surface area contributed by atoms with Gasteiger partial charge >= 0.3 is 5.97 Å². The maximum atomic E-state index is 12.2. The fourth-order valence-electron chi connectivity index (χ4n) is 2.51. The van der Waals surface area contributed by atoms with Gasteiger partial charge < -0.3 is 15.4 Å². The summed E-state index contributed by atoms with van der Waals surface area (Å²) >= 11 is 4.81. The van der Waals surface area contributed by atoms with Crippen LogP contribution >= 0.6 is 27.7 Å². The number of esters is 1. The fourth-order valence-corrected chi connectivity index (χ4v) is 3.70. The molecule has 0 aromatic heterocycles. The summed E-state index contributed by atoms with van der Waals surface area (Å²) < 4.78 is 5.81. The first-order chi connectivity index (χ1) is 15.0. The molecule has 0 bridgehead atoms. The number of carbonyl (C=O) groups is 3. The first-order valence-electron chi connectivity index (χ1n) is 9.32. The Morgan fingerprint density at radius 3 is 2.29 bits per heavy atom. The highest BCUT2D eigenvalue weighted by molar-refractivity contribution is 9.10. The lowest BCUT2D eigenvalue weighted by atomic mass is 10.2. The summed E-state index contributed by atoms with van der Waals surface area (Å²) in [6.45, 7) is -0.778. The smallest absolute Gasteiger partial charge is 0.325 e. The van der Waals surface area contributed by atoms with Crippen molar-refractivity contribution in [3.8, 4) is 0 Å². The van der Waals surface area contributed by atoms with Gasteiger partial charge in [-0.1, -0.05) is 58.0 Å². The van der Waals surface area contributed by atoms with Crippen LogP contribution in [0.25, 0.3) is 0 Å². The molecule has 6 nitrogen and oxygen atoms in total. The lowest BCUT2D eigenvalue weighted by Crippen LogP contribution is -2.32. The van der Waals surface area contributed by atoms with Crippen molar-refractivity contribution in [1.29, 1.82) is 0 Å². The number of carbonyl (C=O) groups excluding carboxylic acids is 3. The van der Waals surface area contributed by atoms with Crippen LogP contribution in [0.2, 0.25) is 0 Å². The molecule has 31 heavy (non-hydrogen) atoms. The molecule has 0 saturated heterocycles. The maximum Gasteiger partial charge on any atom is 0.325 e. The van der Waals surface area contributed by atoms with Crippen LogP contribution < -0.4 is 10.6 Å². The van der Waals surface area contributed by atoms with E-state index in [4.69, 9.17) is 4.74 Å². The van der Waals surface area contributed by atoms with Gasteiger partial charge in [-0.15, -0.1) is 0 Å². The highest BCUT2D eigenvalue weighted by atomic mass is 79.9. The van der Waals surface area contributed by atoms with Gasteiger partial charge in [0.1, 0.15) is 6.54 Å². The standard InChI is InChI=1S/C23H19BrN2O4S/c24-17-12-10-16(11-13-17)23(29)25-14-22(28)30-15-21(27)26-19-8-4-5-9-20(19)31-18-6-2-1-3-7-18/h1-13H,14-15H2,(H,25,29)(H,26,27). The number of anilines is 1. The van der Waals surface area contributed by atoms with E-state index in [1.807, 2.05) is 48.5 Å². The zero-order valence-electron chi connectivity index (χ0n) is 16.3. The Morgan fingerprint density at radius 1 is 0.871 bits per heavy atom. The zero-order chi connectivity index (χ0) is 22.1. The molecule has 0 radical (unpaired) electrons. The van der Waals surface area contributed by atoms with E-state index in [0.717, 1.165) is 14.3 Å². The monoisotopic (exact) mass is 498 g/mol. The van der Waals surface area contributed by atoms with Crippen molar-refractivity contribution in [3.05, 3.63) is 88.9 Å². The van der Waals surface area contributed by atoms with Crippen molar-refractivity contribution in [2.45, 2.75) is 9.79 Å². The number of hydrogen-bond acceptors (Lipinski definition) is 5. The van der Waals surface area contributed by atoms with Crippen molar-refractivity contribution in [3.63, 3.8) is 0 Å². The van der Waals surface area contributed by atoms with Crippen LogP contribution in [0, 0.1) is 0 Å². The van der Waals surface area contributed by atoms with Crippen LogP contribution in [0.5, 0.6) is 0 Å². The van der Waals surface area contributed by atoms with Crippen LogP contribution in [-0.4, -0.2) is 30.9 Å². The van der Waals surface area contributed by atoms with Crippen LogP contribution in [-0.2, 0) is 14.3 Å². The minimum absolute atomic E-state index is 0.331. The van der Waals surface area contributed by atoms with Gasteiger partial charge in [0.15, 0.2) is 6.61 Å². The largest absolute Gasteiger partial charge is 0.454 e. The molecular formula is C23H19BrN2O4S. The quantitative estimate of drug-likeness (QED) is 0.446. The Kier molecular flexibility index (Phi) is 8.26. The number of para-hydroxylation sites is 1. The minimum Gasteiger partial charge on any atom is -0.454 e. The summed E-state index contributed by atoms with van der Waals surface area (Å²) in [5.41, 5.74) is 1.04. The Labute approximate surface area is 192 Å². The van der Waals surface area contributed by atoms with Gasteiger partial charge in [0.25, 0.3) is 11.8 Å². The van der Waals surface area contributed by atoms with Gasteiger partial charge in [0.2, 0.25) is 0 Å². The third-order valence-electron chi connectivity index (χ3n) is 4.00. The highest BCUT2D eigenvalue weighted by Crippen LogP contribution is 2.33. The number of ether oxygens (including phenoxy) is 1. The molecule has 0 spiro atoms. The molecule has 0 aliphatic carbocycles. The summed E-state index contributed by atoms with van der Waals surface area (Å²) in [5, 5.41) is 5.22. The molecule has 158 valence electrons. The molecule has 2 amide bonds. The first kappa shape index (κ1) is 22.6. The average Bonchev–Trinajstić information content (AvgIpc) is 2.78. The molecule has 8 heteroatoms. The maximum absolute atomic E-state index is 12.2. The molecule has 3 aromatic carbocycles. The second kappa shape index (κ2) is 11.3. The van der Waals surface area contributed by atoms with E-state index in [1.54, 1.807) is 30.3 Å².